The Hall–Kier alpha value is -1.06. The minimum Gasteiger partial charge on any atom is -0.370 e. The second-order valence-electron chi connectivity index (χ2n) is 4.16. The third-order valence-corrected chi connectivity index (χ3v) is 3.07. The van der Waals surface area contributed by atoms with Gasteiger partial charge in [0.25, 0.3) is 0 Å². The van der Waals surface area contributed by atoms with Gasteiger partial charge in [-0.25, -0.2) is 0 Å². The molecule has 0 saturated heterocycles. The van der Waals surface area contributed by atoms with E-state index in [4.69, 9.17) is 11.5 Å². The van der Waals surface area contributed by atoms with Crippen LogP contribution in [-0.4, -0.2) is 25.7 Å². The molecule has 0 bridgehead atoms. The van der Waals surface area contributed by atoms with Crippen LogP contribution < -0.4 is 16.4 Å². The van der Waals surface area contributed by atoms with E-state index in [0.29, 0.717) is 12.6 Å². The fourth-order valence-electron chi connectivity index (χ4n) is 2.10. The number of para-hydroxylation sites is 1. The van der Waals surface area contributed by atoms with E-state index >= 15 is 0 Å². The molecule has 0 fully saturated rings. The molecule has 4 N–H and O–H groups in total. The number of likely N-dealkylation sites (N-methyl/N-ethyl adjacent to an activating group) is 1. The van der Waals surface area contributed by atoms with Gasteiger partial charge in [0.15, 0.2) is 0 Å². The van der Waals surface area contributed by atoms with E-state index in [1.54, 1.807) is 0 Å². The quantitative estimate of drug-likeness (QED) is 0.767. The molecule has 3 heteroatoms. The van der Waals surface area contributed by atoms with Gasteiger partial charge < -0.3 is 16.4 Å². The van der Waals surface area contributed by atoms with E-state index in [1.165, 1.54) is 5.69 Å². The average molecular weight is 221 g/mol. The largest absolute Gasteiger partial charge is 0.370 e. The molecule has 0 saturated carbocycles. The van der Waals surface area contributed by atoms with Crippen molar-refractivity contribution in [3.05, 3.63) is 30.3 Å². The monoisotopic (exact) mass is 221 g/mol. The summed E-state index contributed by atoms with van der Waals surface area (Å²) in [6.07, 6.45) is 1.91. The Kier molecular flexibility index (Phi) is 5.29. The van der Waals surface area contributed by atoms with Crippen molar-refractivity contribution in [3.63, 3.8) is 0 Å². The Morgan fingerprint density at radius 1 is 1.25 bits per heavy atom. The first-order valence-electron chi connectivity index (χ1n) is 5.94. The SMILES string of the molecule is CCC(C(N)CCN)N(C)c1ccccc1. The van der Waals surface area contributed by atoms with E-state index in [1.807, 2.05) is 18.2 Å². The van der Waals surface area contributed by atoms with Crippen molar-refractivity contribution < 1.29 is 0 Å². The number of benzene rings is 1. The highest BCUT2D eigenvalue weighted by Gasteiger charge is 2.19. The lowest BCUT2D eigenvalue weighted by Gasteiger charge is -2.33. The van der Waals surface area contributed by atoms with Crippen LogP contribution in [0.15, 0.2) is 30.3 Å². The van der Waals surface area contributed by atoms with Gasteiger partial charge in [-0.15, -0.1) is 0 Å². The van der Waals surface area contributed by atoms with Gasteiger partial charge in [-0.3, -0.25) is 0 Å². The van der Waals surface area contributed by atoms with E-state index in [-0.39, 0.29) is 6.04 Å². The fraction of sp³-hybridized carbons (Fsp3) is 0.538. The Balaban J connectivity index is 2.73. The van der Waals surface area contributed by atoms with Crippen LogP contribution in [0.3, 0.4) is 0 Å². The molecular formula is C13H23N3. The molecule has 0 aliphatic heterocycles. The maximum absolute atomic E-state index is 6.16. The lowest BCUT2D eigenvalue weighted by molar-refractivity contribution is 0.470. The molecule has 0 spiro atoms. The molecule has 3 nitrogen and oxygen atoms in total. The maximum atomic E-state index is 6.16. The summed E-state index contributed by atoms with van der Waals surface area (Å²) in [5.74, 6) is 0. The van der Waals surface area contributed by atoms with Crippen LogP contribution in [0.25, 0.3) is 0 Å². The van der Waals surface area contributed by atoms with Gasteiger partial charge in [0.1, 0.15) is 0 Å². The van der Waals surface area contributed by atoms with Crippen molar-refractivity contribution in [2.45, 2.75) is 31.8 Å². The van der Waals surface area contributed by atoms with Crippen LogP contribution in [0.1, 0.15) is 19.8 Å². The zero-order valence-electron chi connectivity index (χ0n) is 10.3. The predicted octanol–water partition coefficient (Wildman–Crippen LogP) is 1.58. The first-order valence-corrected chi connectivity index (χ1v) is 5.94. The number of hydrogen-bond donors (Lipinski definition) is 2. The maximum Gasteiger partial charge on any atom is 0.0435 e. The zero-order valence-corrected chi connectivity index (χ0v) is 10.3. The molecule has 2 atom stereocenters. The Morgan fingerprint density at radius 2 is 1.88 bits per heavy atom. The lowest BCUT2D eigenvalue weighted by atomic mass is 10.0. The van der Waals surface area contributed by atoms with Crippen LogP contribution in [0, 0.1) is 0 Å². The van der Waals surface area contributed by atoms with Gasteiger partial charge in [-0.1, -0.05) is 25.1 Å². The zero-order chi connectivity index (χ0) is 12.0. The van der Waals surface area contributed by atoms with Crippen molar-refractivity contribution >= 4 is 5.69 Å². The Labute approximate surface area is 98.4 Å². The van der Waals surface area contributed by atoms with Crippen molar-refractivity contribution in [2.24, 2.45) is 11.5 Å². The van der Waals surface area contributed by atoms with Crippen LogP contribution in [0.5, 0.6) is 0 Å². The summed E-state index contributed by atoms with van der Waals surface area (Å²) in [5, 5.41) is 0. The number of nitrogens with two attached hydrogens (primary N) is 2. The van der Waals surface area contributed by atoms with Crippen LogP contribution >= 0.6 is 0 Å². The molecule has 0 radical (unpaired) electrons. The second kappa shape index (κ2) is 6.51. The summed E-state index contributed by atoms with van der Waals surface area (Å²) >= 11 is 0. The van der Waals surface area contributed by atoms with Crippen molar-refractivity contribution in [1.29, 1.82) is 0 Å². The predicted molar refractivity (Wildman–Crippen MR) is 70.6 cm³/mol. The van der Waals surface area contributed by atoms with E-state index < -0.39 is 0 Å². The topological polar surface area (TPSA) is 55.3 Å². The number of hydrogen-bond acceptors (Lipinski definition) is 3. The third kappa shape index (κ3) is 3.22. The van der Waals surface area contributed by atoms with Gasteiger partial charge in [0.2, 0.25) is 0 Å². The van der Waals surface area contributed by atoms with Crippen LogP contribution in [0.4, 0.5) is 5.69 Å². The normalized spacial score (nSPS) is 14.5. The molecule has 2 unspecified atom stereocenters. The van der Waals surface area contributed by atoms with Crippen LogP contribution in [0.2, 0.25) is 0 Å². The first-order chi connectivity index (χ1) is 7.70. The molecule has 0 aliphatic carbocycles. The number of nitrogens with zero attached hydrogens (tertiary/aromatic N) is 1. The van der Waals surface area contributed by atoms with Gasteiger partial charge >= 0.3 is 0 Å². The minimum atomic E-state index is 0.139. The highest BCUT2D eigenvalue weighted by Crippen LogP contribution is 2.18. The Bertz CT molecular complexity index is 286. The second-order valence-corrected chi connectivity index (χ2v) is 4.16. The summed E-state index contributed by atoms with van der Waals surface area (Å²) in [4.78, 5) is 2.25. The molecule has 16 heavy (non-hydrogen) atoms. The first kappa shape index (κ1) is 13.0. The third-order valence-electron chi connectivity index (χ3n) is 3.07. The fourth-order valence-corrected chi connectivity index (χ4v) is 2.10. The molecule has 0 aliphatic rings. The summed E-state index contributed by atoms with van der Waals surface area (Å²) in [5.41, 5.74) is 12.9. The standard InChI is InChI=1S/C13H23N3/c1-3-13(12(15)9-10-14)16(2)11-7-5-4-6-8-11/h4-8,12-13H,3,9-10,14-15H2,1-2H3. The number of anilines is 1. The summed E-state index contributed by atoms with van der Waals surface area (Å²) in [6, 6.07) is 10.8. The smallest absolute Gasteiger partial charge is 0.0435 e. The Morgan fingerprint density at radius 3 is 2.38 bits per heavy atom. The summed E-state index contributed by atoms with van der Waals surface area (Å²) in [7, 11) is 2.10. The van der Waals surface area contributed by atoms with Gasteiger partial charge in [-0.2, -0.15) is 0 Å². The minimum absolute atomic E-state index is 0.139. The van der Waals surface area contributed by atoms with E-state index in [9.17, 15) is 0 Å². The molecule has 1 aromatic carbocycles. The van der Waals surface area contributed by atoms with Crippen LogP contribution in [-0.2, 0) is 0 Å². The van der Waals surface area contributed by atoms with Gasteiger partial charge in [0, 0.05) is 24.8 Å². The highest BCUT2D eigenvalue weighted by atomic mass is 15.1. The molecule has 0 aromatic heterocycles. The average Bonchev–Trinajstić information content (AvgIpc) is 2.31. The van der Waals surface area contributed by atoms with Crippen molar-refractivity contribution in [2.75, 3.05) is 18.5 Å². The van der Waals surface area contributed by atoms with E-state index in [0.717, 1.165) is 12.8 Å². The molecule has 90 valence electrons. The summed E-state index contributed by atoms with van der Waals surface area (Å²) < 4.78 is 0. The molecule has 1 aromatic rings. The molecule has 1 rings (SSSR count). The van der Waals surface area contributed by atoms with E-state index in [2.05, 4.69) is 31.0 Å². The van der Waals surface area contributed by atoms with Gasteiger partial charge in [0.05, 0.1) is 0 Å². The molecule has 0 heterocycles. The van der Waals surface area contributed by atoms with Crippen molar-refractivity contribution in [3.8, 4) is 0 Å². The summed E-state index contributed by atoms with van der Waals surface area (Å²) in [6.45, 7) is 2.82. The highest BCUT2D eigenvalue weighted by molar-refractivity contribution is 5.46. The van der Waals surface area contributed by atoms with Gasteiger partial charge in [-0.05, 0) is 31.5 Å². The molecule has 0 amide bonds. The number of rotatable bonds is 6. The molecular weight excluding hydrogens is 198 g/mol. The lowest BCUT2D eigenvalue weighted by Crippen LogP contribution is -2.46. The van der Waals surface area contributed by atoms with Crippen molar-refractivity contribution in [1.82, 2.24) is 0 Å².